The molecule has 0 fully saturated rings. The van der Waals surface area contributed by atoms with Crippen LogP contribution in [-0.2, 0) is 19.4 Å². The average Bonchev–Trinajstić information content (AvgIpc) is 2.94. The lowest BCUT2D eigenvalue weighted by Crippen LogP contribution is -2.26. The predicted octanol–water partition coefficient (Wildman–Crippen LogP) is 5.34. The van der Waals surface area contributed by atoms with Gasteiger partial charge in [-0.25, -0.2) is 0 Å². The van der Waals surface area contributed by atoms with E-state index < -0.39 is 6.10 Å². The van der Waals surface area contributed by atoms with Crippen molar-refractivity contribution >= 4 is 29.0 Å². The molecule has 1 heterocycles. The van der Waals surface area contributed by atoms with Crippen LogP contribution in [0.4, 0.5) is 5.69 Å². The highest BCUT2D eigenvalue weighted by Crippen LogP contribution is 2.33. The minimum atomic E-state index is -0.423. The number of aliphatic hydroxyl groups is 1. The number of nitrogens with zero attached hydrogens (tertiary/aromatic N) is 1. The largest absolute Gasteiger partial charge is 0.389 e. The summed E-state index contributed by atoms with van der Waals surface area (Å²) in [5, 5.41) is 15.6. The molecule has 4 heteroatoms. The van der Waals surface area contributed by atoms with E-state index >= 15 is 0 Å². The first-order valence-corrected chi connectivity index (χ1v) is 10.1. The Morgan fingerprint density at radius 1 is 1.00 bits per heavy atom. The van der Waals surface area contributed by atoms with Crippen LogP contribution in [0.1, 0.15) is 40.8 Å². The van der Waals surface area contributed by atoms with Crippen LogP contribution in [0.3, 0.4) is 0 Å². The van der Waals surface area contributed by atoms with Crippen LogP contribution >= 0.6 is 12.4 Å². The maximum Gasteiger partial charge on any atom is 0.0891 e. The van der Waals surface area contributed by atoms with Gasteiger partial charge in [0.1, 0.15) is 0 Å². The molecule has 1 aliphatic carbocycles. The van der Waals surface area contributed by atoms with Gasteiger partial charge in [-0.15, -0.1) is 12.4 Å². The first-order chi connectivity index (χ1) is 13.0. The lowest BCUT2D eigenvalue weighted by Gasteiger charge is -2.20. The second kappa shape index (κ2) is 8.59. The number of rotatable bonds is 5. The maximum absolute atomic E-state index is 10.8. The van der Waals surface area contributed by atoms with E-state index in [1.54, 1.807) is 0 Å². The summed E-state index contributed by atoms with van der Waals surface area (Å²) in [5.74, 6) is 0. The molecule has 0 amide bonds. The highest BCUT2D eigenvalue weighted by atomic mass is 35.5. The molecule has 0 saturated carbocycles. The Kier molecular flexibility index (Phi) is 6.36. The molecule has 3 nitrogen and oxygen atoms in total. The number of aliphatic hydroxyl groups excluding tert-OH is 1. The molecule has 2 N–H and O–H groups in total. The van der Waals surface area contributed by atoms with Crippen LogP contribution in [0.5, 0.6) is 0 Å². The van der Waals surface area contributed by atoms with Gasteiger partial charge in [0.15, 0.2) is 0 Å². The van der Waals surface area contributed by atoms with Crippen molar-refractivity contribution in [2.75, 3.05) is 11.9 Å². The standard InChI is InChI=1S/C24H30N2O.ClH/c1-16-8-10-22(18(3)12-16)25-14-19(27)15-26-23-7-5-4-6-20(23)21-13-17(2)9-11-24(21)26;/h8-13,19,25,27H,4-7,14-15H2,1-3H3;1H. The molecular formula is C24H31ClN2O. The van der Waals surface area contributed by atoms with Crippen molar-refractivity contribution in [2.45, 2.75) is 59.1 Å². The van der Waals surface area contributed by atoms with E-state index in [0.717, 1.165) is 12.1 Å². The highest BCUT2D eigenvalue weighted by molar-refractivity contribution is 5.86. The minimum Gasteiger partial charge on any atom is -0.389 e. The molecule has 0 spiro atoms. The number of fused-ring (bicyclic) bond motifs is 3. The zero-order chi connectivity index (χ0) is 19.0. The first-order valence-electron chi connectivity index (χ1n) is 10.1. The smallest absolute Gasteiger partial charge is 0.0891 e. The number of halogens is 1. The minimum absolute atomic E-state index is 0. The van der Waals surface area contributed by atoms with Gasteiger partial charge in [-0.3, -0.25) is 0 Å². The van der Waals surface area contributed by atoms with Gasteiger partial charge in [-0.2, -0.15) is 0 Å². The van der Waals surface area contributed by atoms with Crippen LogP contribution in [0.15, 0.2) is 36.4 Å². The summed E-state index contributed by atoms with van der Waals surface area (Å²) in [5.41, 5.74) is 9.13. The Morgan fingerprint density at radius 3 is 2.50 bits per heavy atom. The van der Waals surface area contributed by atoms with Gasteiger partial charge >= 0.3 is 0 Å². The van der Waals surface area contributed by atoms with Crippen LogP contribution in [-0.4, -0.2) is 22.3 Å². The molecule has 4 rings (SSSR count). The quantitative estimate of drug-likeness (QED) is 0.608. The molecule has 150 valence electrons. The molecule has 0 saturated heterocycles. The maximum atomic E-state index is 10.8. The molecule has 0 radical (unpaired) electrons. The van der Waals surface area contributed by atoms with E-state index in [9.17, 15) is 5.11 Å². The molecule has 1 aromatic heterocycles. The Hall–Kier alpha value is -1.97. The molecule has 28 heavy (non-hydrogen) atoms. The van der Waals surface area contributed by atoms with Crippen LogP contribution < -0.4 is 5.32 Å². The lowest BCUT2D eigenvalue weighted by atomic mass is 9.95. The molecular weight excluding hydrogens is 368 g/mol. The number of hydrogen-bond acceptors (Lipinski definition) is 2. The van der Waals surface area contributed by atoms with Gasteiger partial charge in [0.25, 0.3) is 0 Å². The Balaban J connectivity index is 0.00000225. The predicted molar refractivity (Wildman–Crippen MR) is 121 cm³/mol. The SMILES string of the molecule is Cc1ccc(NCC(O)Cn2c3c(c4cc(C)ccc42)CCCC3)c(C)c1.Cl. The van der Waals surface area contributed by atoms with Gasteiger partial charge in [-0.1, -0.05) is 29.3 Å². The fraction of sp³-hybridized carbons (Fsp3) is 0.417. The number of aryl methyl sites for hydroxylation is 4. The van der Waals surface area contributed by atoms with Crippen molar-refractivity contribution in [2.24, 2.45) is 0 Å². The fourth-order valence-electron chi connectivity index (χ4n) is 4.47. The molecule has 1 aliphatic rings. The van der Waals surface area contributed by atoms with Crippen molar-refractivity contribution in [1.29, 1.82) is 0 Å². The van der Waals surface area contributed by atoms with Gasteiger partial charge in [0.05, 0.1) is 12.6 Å². The summed E-state index contributed by atoms with van der Waals surface area (Å²) in [7, 11) is 0. The Bertz CT molecular complexity index is 976. The summed E-state index contributed by atoms with van der Waals surface area (Å²) in [6.07, 6.45) is 4.39. The van der Waals surface area contributed by atoms with Crippen LogP contribution in [0, 0.1) is 20.8 Å². The molecule has 3 aromatic rings. The van der Waals surface area contributed by atoms with Crippen molar-refractivity contribution in [3.05, 3.63) is 64.3 Å². The van der Waals surface area contributed by atoms with E-state index in [0.29, 0.717) is 13.1 Å². The monoisotopic (exact) mass is 398 g/mol. The summed E-state index contributed by atoms with van der Waals surface area (Å²) < 4.78 is 2.37. The Labute approximate surface area is 174 Å². The number of hydrogen-bond donors (Lipinski definition) is 2. The van der Waals surface area contributed by atoms with E-state index in [4.69, 9.17) is 0 Å². The van der Waals surface area contributed by atoms with Crippen molar-refractivity contribution in [3.63, 3.8) is 0 Å². The van der Waals surface area contributed by atoms with Crippen LogP contribution in [0.2, 0.25) is 0 Å². The summed E-state index contributed by atoms with van der Waals surface area (Å²) >= 11 is 0. The van der Waals surface area contributed by atoms with Gasteiger partial charge in [-0.05, 0) is 75.8 Å². The molecule has 0 aliphatic heterocycles. The van der Waals surface area contributed by atoms with Crippen molar-refractivity contribution < 1.29 is 5.11 Å². The van der Waals surface area contributed by atoms with Crippen molar-refractivity contribution in [3.8, 4) is 0 Å². The van der Waals surface area contributed by atoms with E-state index in [-0.39, 0.29) is 12.4 Å². The van der Waals surface area contributed by atoms with Gasteiger partial charge < -0.3 is 15.0 Å². The van der Waals surface area contributed by atoms with Gasteiger partial charge in [0.2, 0.25) is 0 Å². The number of nitrogens with one attached hydrogen (secondary N) is 1. The summed E-state index contributed by atoms with van der Waals surface area (Å²) in [6, 6.07) is 13.1. The average molecular weight is 399 g/mol. The van der Waals surface area contributed by atoms with Crippen LogP contribution in [0.25, 0.3) is 10.9 Å². The third kappa shape index (κ3) is 4.06. The summed E-state index contributed by atoms with van der Waals surface area (Å²) in [6.45, 7) is 7.58. The summed E-state index contributed by atoms with van der Waals surface area (Å²) in [4.78, 5) is 0. The molecule has 1 atom stereocenters. The second-order valence-corrected chi connectivity index (χ2v) is 8.12. The first kappa shape index (κ1) is 20.8. The van der Waals surface area contributed by atoms with E-state index in [2.05, 4.69) is 67.1 Å². The zero-order valence-electron chi connectivity index (χ0n) is 17.1. The number of aromatic nitrogens is 1. The second-order valence-electron chi connectivity index (χ2n) is 8.12. The third-order valence-corrected chi connectivity index (χ3v) is 5.84. The molecule has 0 bridgehead atoms. The van der Waals surface area contributed by atoms with E-state index in [1.165, 1.54) is 58.1 Å². The molecule has 1 unspecified atom stereocenters. The third-order valence-electron chi connectivity index (χ3n) is 5.84. The highest BCUT2D eigenvalue weighted by Gasteiger charge is 2.21. The Morgan fingerprint density at radius 2 is 1.71 bits per heavy atom. The topological polar surface area (TPSA) is 37.2 Å². The molecule has 2 aromatic carbocycles. The van der Waals surface area contributed by atoms with Gasteiger partial charge in [0, 0.05) is 28.8 Å². The number of benzene rings is 2. The normalized spacial score (nSPS) is 14.4. The number of anilines is 1. The van der Waals surface area contributed by atoms with Crippen molar-refractivity contribution in [1.82, 2.24) is 4.57 Å². The zero-order valence-corrected chi connectivity index (χ0v) is 17.9. The lowest BCUT2D eigenvalue weighted by molar-refractivity contribution is 0.167. The van der Waals surface area contributed by atoms with E-state index in [1.807, 2.05) is 0 Å². The fourth-order valence-corrected chi connectivity index (χ4v) is 4.47.